The third-order valence-corrected chi connectivity index (χ3v) is 4.50. The molecule has 1 N–H and O–H groups in total. The molecule has 148 valence electrons. The van der Waals surface area contributed by atoms with Gasteiger partial charge in [-0.1, -0.05) is 24.3 Å². The van der Waals surface area contributed by atoms with Crippen molar-refractivity contribution in [3.05, 3.63) is 77.1 Å². The van der Waals surface area contributed by atoms with E-state index in [0.29, 0.717) is 22.6 Å². The molecular weight excluding hydrogens is 368 g/mol. The Bertz CT molecular complexity index is 1080. The highest BCUT2D eigenvalue weighted by Gasteiger charge is 2.25. The van der Waals surface area contributed by atoms with E-state index in [1.165, 1.54) is 4.90 Å². The molecule has 0 aliphatic heterocycles. The van der Waals surface area contributed by atoms with Crippen LogP contribution in [0.2, 0.25) is 0 Å². The number of carbonyl (C=O) groups excluding carboxylic acids is 3. The van der Waals surface area contributed by atoms with Crippen LogP contribution in [-0.4, -0.2) is 46.4 Å². The summed E-state index contributed by atoms with van der Waals surface area (Å²) >= 11 is 0. The van der Waals surface area contributed by atoms with E-state index in [1.807, 2.05) is 30.3 Å². The Hall–Kier alpha value is -3.74. The van der Waals surface area contributed by atoms with Gasteiger partial charge in [0, 0.05) is 25.3 Å². The summed E-state index contributed by atoms with van der Waals surface area (Å²) in [6.07, 6.45) is 0. The molecule has 2 aromatic carbocycles. The van der Waals surface area contributed by atoms with Gasteiger partial charge in [0.05, 0.1) is 22.6 Å². The van der Waals surface area contributed by atoms with E-state index in [2.05, 4.69) is 10.4 Å². The zero-order valence-electron chi connectivity index (χ0n) is 16.8. The first-order valence-electron chi connectivity index (χ1n) is 9.08. The number of amides is 2. The van der Waals surface area contributed by atoms with Gasteiger partial charge in [-0.05, 0) is 44.2 Å². The lowest BCUT2D eigenvalue weighted by molar-refractivity contribution is -0.112. The molecule has 3 aromatic rings. The van der Waals surface area contributed by atoms with E-state index in [1.54, 1.807) is 56.9 Å². The molecule has 0 saturated carbocycles. The lowest BCUT2D eigenvalue weighted by atomic mass is 10.1. The second kappa shape index (κ2) is 8.10. The Kier molecular flexibility index (Phi) is 5.59. The average Bonchev–Trinajstić information content (AvgIpc) is 3.01. The number of rotatable bonds is 5. The van der Waals surface area contributed by atoms with Crippen molar-refractivity contribution < 1.29 is 14.4 Å². The first-order chi connectivity index (χ1) is 13.8. The van der Waals surface area contributed by atoms with Crippen LogP contribution in [0.1, 0.15) is 32.1 Å². The van der Waals surface area contributed by atoms with E-state index in [-0.39, 0.29) is 11.5 Å². The molecule has 2 amide bonds. The SMILES string of the molecule is Cc1nn(-c2ccccc2)c(C)c1C(=O)C(=O)Nc1cccc(C(=O)N(C)C)c1. The van der Waals surface area contributed by atoms with Crippen molar-refractivity contribution in [3.63, 3.8) is 0 Å². The van der Waals surface area contributed by atoms with E-state index in [0.717, 1.165) is 5.69 Å². The Labute approximate surface area is 169 Å². The van der Waals surface area contributed by atoms with Crippen molar-refractivity contribution in [3.8, 4) is 5.69 Å². The number of aromatic nitrogens is 2. The lowest BCUT2D eigenvalue weighted by Gasteiger charge is -2.11. The zero-order chi connectivity index (χ0) is 21.1. The van der Waals surface area contributed by atoms with Gasteiger partial charge in [-0.3, -0.25) is 14.4 Å². The van der Waals surface area contributed by atoms with Crippen LogP contribution in [0, 0.1) is 13.8 Å². The molecule has 0 atom stereocenters. The van der Waals surface area contributed by atoms with Crippen LogP contribution in [0.15, 0.2) is 54.6 Å². The van der Waals surface area contributed by atoms with Crippen molar-refractivity contribution in [1.29, 1.82) is 0 Å². The molecule has 0 aliphatic carbocycles. The van der Waals surface area contributed by atoms with Crippen LogP contribution in [0.5, 0.6) is 0 Å². The van der Waals surface area contributed by atoms with E-state index in [4.69, 9.17) is 0 Å². The number of benzene rings is 2. The molecule has 29 heavy (non-hydrogen) atoms. The molecule has 0 spiro atoms. The van der Waals surface area contributed by atoms with Gasteiger partial charge >= 0.3 is 0 Å². The molecule has 0 radical (unpaired) electrons. The minimum Gasteiger partial charge on any atom is -0.345 e. The van der Waals surface area contributed by atoms with Crippen molar-refractivity contribution >= 4 is 23.3 Å². The second-order valence-corrected chi connectivity index (χ2v) is 6.86. The minimum absolute atomic E-state index is 0.191. The fourth-order valence-electron chi connectivity index (χ4n) is 3.08. The van der Waals surface area contributed by atoms with Gasteiger partial charge in [-0.25, -0.2) is 4.68 Å². The van der Waals surface area contributed by atoms with Crippen LogP contribution in [0.4, 0.5) is 5.69 Å². The number of aryl methyl sites for hydroxylation is 1. The van der Waals surface area contributed by atoms with E-state index in [9.17, 15) is 14.4 Å². The molecule has 0 unspecified atom stereocenters. The fraction of sp³-hybridized carbons (Fsp3) is 0.182. The maximum Gasteiger partial charge on any atom is 0.296 e. The van der Waals surface area contributed by atoms with Gasteiger partial charge in [0.15, 0.2) is 0 Å². The number of nitrogens with zero attached hydrogens (tertiary/aromatic N) is 3. The van der Waals surface area contributed by atoms with E-state index < -0.39 is 11.7 Å². The first-order valence-corrected chi connectivity index (χ1v) is 9.08. The largest absolute Gasteiger partial charge is 0.345 e. The summed E-state index contributed by atoms with van der Waals surface area (Å²) in [5, 5.41) is 6.99. The average molecular weight is 390 g/mol. The van der Waals surface area contributed by atoms with E-state index >= 15 is 0 Å². The fourth-order valence-corrected chi connectivity index (χ4v) is 3.08. The summed E-state index contributed by atoms with van der Waals surface area (Å²) in [4.78, 5) is 38.9. The highest BCUT2D eigenvalue weighted by atomic mass is 16.2. The van der Waals surface area contributed by atoms with Crippen molar-refractivity contribution in [2.24, 2.45) is 0 Å². The quantitative estimate of drug-likeness (QED) is 0.536. The standard InChI is InChI=1S/C22H22N4O3/c1-14-19(15(2)26(24-14)18-11-6-5-7-12-18)20(27)21(28)23-17-10-8-9-16(13-17)22(29)25(3)4/h5-13H,1-4H3,(H,23,28). The molecule has 1 aromatic heterocycles. The topological polar surface area (TPSA) is 84.3 Å². The predicted molar refractivity (Wildman–Crippen MR) is 110 cm³/mol. The van der Waals surface area contributed by atoms with Gasteiger partial charge in [0.1, 0.15) is 0 Å². The summed E-state index contributed by atoms with van der Waals surface area (Å²) < 4.78 is 1.65. The summed E-state index contributed by atoms with van der Waals surface area (Å²) in [6.45, 7) is 3.45. The highest BCUT2D eigenvalue weighted by molar-refractivity contribution is 6.47. The lowest BCUT2D eigenvalue weighted by Crippen LogP contribution is -2.25. The predicted octanol–water partition coefficient (Wildman–Crippen LogP) is 3.01. The summed E-state index contributed by atoms with van der Waals surface area (Å²) in [6, 6.07) is 15.9. The molecule has 0 aliphatic rings. The summed E-state index contributed by atoms with van der Waals surface area (Å²) in [5.74, 6) is -1.65. The van der Waals surface area contributed by atoms with Gasteiger partial charge < -0.3 is 10.2 Å². The third kappa shape index (κ3) is 4.08. The first kappa shape index (κ1) is 20.0. The Morgan fingerprint density at radius 1 is 0.966 bits per heavy atom. The van der Waals surface area contributed by atoms with Gasteiger partial charge in [0.25, 0.3) is 17.6 Å². The number of hydrogen-bond acceptors (Lipinski definition) is 4. The summed E-state index contributed by atoms with van der Waals surface area (Å²) in [7, 11) is 3.29. The number of ketones is 1. The Morgan fingerprint density at radius 3 is 2.31 bits per heavy atom. The second-order valence-electron chi connectivity index (χ2n) is 6.86. The van der Waals surface area contributed by atoms with Crippen LogP contribution >= 0.6 is 0 Å². The number of anilines is 1. The van der Waals surface area contributed by atoms with Crippen molar-refractivity contribution in [2.75, 3.05) is 19.4 Å². The molecule has 0 saturated heterocycles. The monoisotopic (exact) mass is 390 g/mol. The number of para-hydroxylation sites is 1. The van der Waals surface area contributed by atoms with Crippen LogP contribution in [0.25, 0.3) is 5.69 Å². The maximum atomic E-state index is 12.8. The maximum absolute atomic E-state index is 12.8. The number of Topliss-reactive ketones (excluding diaryl/α,β-unsaturated/α-hetero) is 1. The molecule has 7 nitrogen and oxygen atoms in total. The zero-order valence-corrected chi connectivity index (χ0v) is 16.8. The molecule has 7 heteroatoms. The number of nitrogens with one attached hydrogen (secondary N) is 1. The van der Waals surface area contributed by atoms with Crippen LogP contribution < -0.4 is 5.32 Å². The van der Waals surface area contributed by atoms with Gasteiger partial charge in [-0.2, -0.15) is 5.10 Å². The molecular formula is C22H22N4O3. The molecule has 0 fully saturated rings. The Balaban J connectivity index is 1.85. The molecule has 0 bridgehead atoms. The summed E-state index contributed by atoms with van der Waals surface area (Å²) in [5.41, 5.74) is 2.94. The Morgan fingerprint density at radius 2 is 1.66 bits per heavy atom. The van der Waals surface area contributed by atoms with Crippen molar-refractivity contribution in [2.45, 2.75) is 13.8 Å². The number of hydrogen-bond donors (Lipinski definition) is 1. The van der Waals surface area contributed by atoms with Gasteiger partial charge in [-0.15, -0.1) is 0 Å². The smallest absolute Gasteiger partial charge is 0.296 e. The highest BCUT2D eigenvalue weighted by Crippen LogP contribution is 2.19. The minimum atomic E-state index is -0.779. The van der Waals surface area contributed by atoms with Crippen LogP contribution in [-0.2, 0) is 4.79 Å². The number of carbonyl (C=O) groups is 3. The van der Waals surface area contributed by atoms with Crippen molar-refractivity contribution in [1.82, 2.24) is 14.7 Å². The molecule has 1 heterocycles. The van der Waals surface area contributed by atoms with Gasteiger partial charge in [0.2, 0.25) is 0 Å². The third-order valence-electron chi connectivity index (χ3n) is 4.50. The normalized spacial score (nSPS) is 10.5. The van der Waals surface area contributed by atoms with Crippen LogP contribution in [0.3, 0.4) is 0 Å². The molecule has 3 rings (SSSR count).